The molecule has 2 aromatic carbocycles. The molecule has 1 N–H and O–H groups in total. The van der Waals surface area contributed by atoms with Crippen LogP contribution in [0.4, 0.5) is 5.13 Å². The minimum absolute atomic E-state index is 0.263. The van der Waals surface area contributed by atoms with Crippen molar-refractivity contribution in [1.29, 1.82) is 0 Å². The predicted octanol–water partition coefficient (Wildman–Crippen LogP) is 3.54. The summed E-state index contributed by atoms with van der Waals surface area (Å²) >= 11 is 1.35. The largest absolute Gasteiger partial charge is 0.497 e. The van der Waals surface area contributed by atoms with Crippen LogP contribution in [0.1, 0.15) is 17.5 Å². The topological polar surface area (TPSA) is 73.3 Å². The average molecular weight is 369 g/mol. The molecular weight excluding hydrogens is 350 g/mol. The number of hydrogen-bond acceptors (Lipinski definition) is 6. The molecule has 0 radical (unpaired) electrons. The van der Waals surface area contributed by atoms with E-state index in [1.807, 2.05) is 54.6 Å². The fourth-order valence-corrected chi connectivity index (χ4v) is 3.03. The summed E-state index contributed by atoms with van der Waals surface area (Å²) in [4.78, 5) is 12.2. The lowest BCUT2D eigenvalue weighted by Gasteiger charge is -2.13. The SMILES string of the molecule is COc1ccc(Cc2nnc(NC(=O)[C@@H](C)Oc3ccccc3)s2)cc1. The predicted molar refractivity (Wildman–Crippen MR) is 101 cm³/mol. The molecule has 0 aliphatic carbocycles. The molecule has 0 aliphatic heterocycles. The Morgan fingerprint density at radius 2 is 1.81 bits per heavy atom. The molecule has 0 spiro atoms. The van der Waals surface area contributed by atoms with Crippen LogP contribution in [-0.4, -0.2) is 29.3 Å². The molecule has 3 rings (SSSR count). The minimum atomic E-state index is -0.633. The van der Waals surface area contributed by atoms with Crippen molar-refractivity contribution in [3.63, 3.8) is 0 Å². The Labute approximate surface area is 155 Å². The van der Waals surface area contributed by atoms with Crippen molar-refractivity contribution in [3.8, 4) is 11.5 Å². The summed E-state index contributed by atoms with van der Waals surface area (Å²) < 4.78 is 10.8. The van der Waals surface area contributed by atoms with Gasteiger partial charge in [0.1, 0.15) is 16.5 Å². The van der Waals surface area contributed by atoms with Crippen molar-refractivity contribution in [2.45, 2.75) is 19.4 Å². The van der Waals surface area contributed by atoms with Gasteiger partial charge >= 0.3 is 0 Å². The Morgan fingerprint density at radius 3 is 2.50 bits per heavy atom. The van der Waals surface area contributed by atoms with E-state index < -0.39 is 6.10 Å². The van der Waals surface area contributed by atoms with Crippen molar-refractivity contribution >= 4 is 22.4 Å². The first-order chi connectivity index (χ1) is 12.6. The molecule has 1 aromatic heterocycles. The number of hydrogen-bond donors (Lipinski definition) is 1. The zero-order chi connectivity index (χ0) is 18.4. The number of ether oxygens (including phenoxy) is 2. The molecule has 0 saturated carbocycles. The second-order valence-electron chi connectivity index (χ2n) is 5.59. The number of anilines is 1. The summed E-state index contributed by atoms with van der Waals surface area (Å²) in [5.41, 5.74) is 1.10. The van der Waals surface area contributed by atoms with Gasteiger partial charge in [-0.3, -0.25) is 10.1 Å². The first-order valence-electron chi connectivity index (χ1n) is 8.12. The third-order valence-electron chi connectivity index (χ3n) is 3.64. The third kappa shape index (κ3) is 4.80. The van der Waals surface area contributed by atoms with Crippen LogP contribution >= 0.6 is 11.3 Å². The Morgan fingerprint density at radius 1 is 1.08 bits per heavy atom. The minimum Gasteiger partial charge on any atom is -0.497 e. The normalized spacial score (nSPS) is 11.6. The zero-order valence-corrected chi connectivity index (χ0v) is 15.3. The second kappa shape index (κ2) is 8.44. The number of methoxy groups -OCH3 is 1. The number of carbonyl (C=O) groups is 1. The highest BCUT2D eigenvalue weighted by molar-refractivity contribution is 7.15. The monoisotopic (exact) mass is 369 g/mol. The number of rotatable bonds is 7. The van der Waals surface area contributed by atoms with Crippen LogP contribution in [0.2, 0.25) is 0 Å². The standard InChI is InChI=1S/C19H19N3O3S/c1-13(25-16-6-4-3-5-7-16)18(23)20-19-22-21-17(26-19)12-14-8-10-15(24-2)11-9-14/h3-11,13H,12H2,1-2H3,(H,20,22,23)/t13-/m1/s1. The van der Waals surface area contributed by atoms with Crippen molar-refractivity contribution in [2.24, 2.45) is 0 Å². The lowest BCUT2D eigenvalue weighted by atomic mass is 10.1. The fraction of sp³-hybridized carbons (Fsp3) is 0.211. The number of nitrogens with zero attached hydrogens (tertiary/aromatic N) is 2. The van der Waals surface area contributed by atoms with Gasteiger partial charge in [0.2, 0.25) is 5.13 Å². The van der Waals surface area contributed by atoms with E-state index in [1.54, 1.807) is 14.0 Å². The van der Waals surface area contributed by atoms with Crippen LogP contribution in [0.3, 0.4) is 0 Å². The lowest BCUT2D eigenvalue weighted by Crippen LogP contribution is -2.30. The van der Waals surface area contributed by atoms with Gasteiger partial charge in [0, 0.05) is 6.42 Å². The molecule has 1 amide bonds. The summed E-state index contributed by atoms with van der Waals surface area (Å²) in [7, 11) is 1.64. The summed E-state index contributed by atoms with van der Waals surface area (Å²) in [5.74, 6) is 1.19. The van der Waals surface area contributed by atoms with E-state index in [0.717, 1.165) is 16.3 Å². The number of benzene rings is 2. The maximum atomic E-state index is 12.2. The van der Waals surface area contributed by atoms with Gasteiger partial charge in [-0.05, 0) is 36.8 Å². The molecule has 0 aliphatic rings. The molecule has 0 bridgehead atoms. The summed E-state index contributed by atoms with van der Waals surface area (Å²) in [6.07, 6.45) is 0.0134. The number of amides is 1. The van der Waals surface area contributed by atoms with Crippen LogP contribution < -0.4 is 14.8 Å². The maximum Gasteiger partial charge on any atom is 0.266 e. The molecule has 0 saturated heterocycles. The smallest absolute Gasteiger partial charge is 0.266 e. The lowest BCUT2D eigenvalue weighted by molar-refractivity contribution is -0.122. The number of carbonyl (C=O) groups excluding carboxylic acids is 1. The van der Waals surface area contributed by atoms with Crippen molar-refractivity contribution in [3.05, 3.63) is 65.2 Å². The fourth-order valence-electron chi connectivity index (χ4n) is 2.26. The molecule has 134 valence electrons. The first kappa shape index (κ1) is 17.9. The van der Waals surface area contributed by atoms with E-state index in [9.17, 15) is 4.79 Å². The highest BCUT2D eigenvalue weighted by Crippen LogP contribution is 2.20. The molecule has 1 atom stereocenters. The van der Waals surface area contributed by atoms with Gasteiger partial charge in [-0.15, -0.1) is 10.2 Å². The van der Waals surface area contributed by atoms with Crippen LogP contribution in [0, 0.1) is 0 Å². The molecule has 6 nitrogen and oxygen atoms in total. The van der Waals surface area contributed by atoms with Gasteiger partial charge in [-0.2, -0.15) is 0 Å². The molecule has 0 fully saturated rings. The van der Waals surface area contributed by atoms with E-state index in [4.69, 9.17) is 9.47 Å². The zero-order valence-electron chi connectivity index (χ0n) is 14.5. The van der Waals surface area contributed by atoms with Crippen LogP contribution in [0.25, 0.3) is 0 Å². The molecule has 3 aromatic rings. The van der Waals surface area contributed by atoms with E-state index in [2.05, 4.69) is 15.5 Å². The van der Waals surface area contributed by atoms with E-state index in [-0.39, 0.29) is 5.91 Å². The van der Waals surface area contributed by atoms with Crippen molar-refractivity contribution in [2.75, 3.05) is 12.4 Å². The van der Waals surface area contributed by atoms with Crippen LogP contribution in [-0.2, 0) is 11.2 Å². The van der Waals surface area contributed by atoms with Crippen molar-refractivity contribution in [1.82, 2.24) is 10.2 Å². The average Bonchev–Trinajstić information content (AvgIpc) is 3.10. The molecule has 26 heavy (non-hydrogen) atoms. The third-order valence-corrected chi connectivity index (χ3v) is 4.48. The van der Waals surface area contributed by atoms with Gasteiger partial charge in [-0.25, -0.2) is 0 Å². The Kier molecular flexibility index (Phi) is 5.80. The summed E-state index contributed by atoms with van der Waals surface area (Å²) in [6.45, 7) is 1.70. The number of nitrogens with one attached hydrogen (secondary N) is 1. The van der Waals surface area contributed by atoms with Gasteiger partial charge < -0.3 is 9.47 Å². The molecule has 0 unspecified atom stereocenters. The van der Waals surface area contributed by atoms with Crippen LogP contribution in [0.5, 0.6) is 11.5 Å². The second-order valence-corrected chi connectivity index (χ2v) is 6.65. The Hall–Kier alpha value is -2.93. The van der Waals surface area contributed by atoms with Gasteiger partial charge in [0.25, 0.3) is 5.91 Å². The molecule has 7 heteroatoms. The van der Waals surface area contributed by atoms with E-state index in [0.29, 0.717) is 17.3 Å². The highest BCUT2D eigenvalue weighted by Gasteiger charge is 2.17. The highest BCUT2D eigenvalue weighted by atomic mass is 32.1. The summed E-state index contributed by atoms with van der Waals surface area (Å²) in [6, 6.07) is 17.0. The van der Waals surface area contributed by atoms with Crippen molar-refractivity contribution < 1.29 is 14.3 Å². The van der Waals surface area contributed by atoms with E-state index in [1.165, 1.54) is 11.3 Å². The first-order valence-corrected chi connectivity index (χ1v) is 8.93. The van der Waals surface area contributed by atoms with E-state index >= 15 is 0 Å². The quantitative estimate of drug-likeness (QED) is 0.689. The van der Waals surface area contributed by atoms with Crippen LogP contribution in [0.15, 0.2) is 54.6 Å². The number of aromatic nitrogens is 2. The van der Waals surface area contributed by atoms with Gasteiger partial charge in [-0.1, -0.05) is 41.7 Å². The number of para-hydroxylation sites is 1. The maximum absolute atomic E-state index is 12.2. The summed E-state index contributed by atoms with van der Waals surface area (Å²) in [5, 5.41) is 12.2. The molecule has 1 heterocycles. The van der Waals surface area contributed by atoms with Gasteiger partial charge in [0.05, 0.1) is 7.11 Å². The molecular formula is C19H19N3O3S. The van der Waals surface area contributed by atoms with Gasteiger partial charge in [0.15, 0.2) is 6.10 Å². The Bertz CT molecular complexity index is 850. The Balaban J connectivity index is 1.56.